The van der Waals surface area contributed by atoms with Crippen LogP contribution < -0.4 is 14.9 Å². The van der Waals surface area contributed by atoms with E-state index in [0.29, 0.717) is 40.3 Å². The number of sulfonamides is 1. The van der Waals surface area contributed by atoms with E-state index in [1.807, 2.05) is 0 Å². The van der Waals surface area contributed by atoms with E-state index in [1.165, 1.54) is 25.3 Å². The van der Waals surface area contributed by atoms with Crippen molar-refractivity contribution < 1.29 is 37.5 Å². The van der Waals surface area contributed by atoms with E-state index in [0.717, 1.165) is 19.1 Å². The van der Waals surface area contributed by atoms with Crippen molar-refractivity contribution in [3.63, 3.8) is 0 Å². The van der Waals surface area contributed by atoms with Gasteiger partial charge in [0.25, 0.3) is 11.8 Å². The fraction of sp³-hybridized carbons (Fsp3) is 0.344. The number of hydrogen-bond donors (Lipinski definition) is 3. The second-order valence-corrected chi connectivity index (χ2v) is 14.0. The van der Waals surface area contributed by atoms with Crippen molar-refractivity contribution in [2.45, 2.75) is 56.3 Å². The highest BCUT2D eigenvalue weighted by molar-refractivity contribution is 7.88. The van der Waals surface area contributed by atoms with Crippen LogP contribution in [0.15, 0.2) is 60.7 Å². The van der Waals surface area contributed by atoms with Crippen molar-refractivity contribution in [1.29, 1.82) is 0 Å². The molecule has 46 heavy (non-hydrogen) atoms. The molecular formula is C32H33Cl2N3O8S. The lowest BCUT2D eigenvalue weighted by molar-refractivity contribution is -0.138. The molecule has 1 saturated carbocycles. The van der Waals surface area contributed by atoms with Gasteiger partial charge in [-0.15, -0.1) is 0 Å². The summed E-state index contributed by atoms with van der Waals surface area (Å²) >= 11 is 13.0. The van der Waals surface area contributed by atoms with E-state index in [9.17, 15) is 27.9 Å². The van der Waals surface area contributed by atoms with Crippen LogP contribution in [0.2, 0.25) is 10.0 Å². The lowest BCUT2D eigenvalue weighted by Crippen LogP contribution is -2.59. The molecule has 0 spiro atoms. The molecule has 1 aliphatic carbocycles. The van der Waals surface area contributed by atoms with Gasteiger partial charge in [-0.1, -0.05) is 54.2 Å². The number of ether oxygens (including phenoxy) is 1. The molecule has 1 aliphatic heterocycles. The van der Waals surface area contributed by atoms with Gasteiger partial charge in [0.2, 0.25) is 10.0 Å². The minimum absolute atomic E-state index is 0.0667. The Morgan fingerprint density at radius 3 is 2.48 bits per heavy atom. The number of halogens is 2. The lowest BCUT2D eigenvalue weighted by Gasteiger charge is -2.49. The SMILES string of the molecule is COc1ccc2c(c1)[C@@H](C(=O)NOCc1cccc(C(=O)O)c1)[C@H](c1ccc(Cl)cc1Cl)N(C1CCCC[C@@H]1NS(C)(=O)=O)C2=O. The summed E-state index contributed by atoms with van der Waals surface area (Å²) in [6.07, 6.45) is 3.55. The molecule has 5 rings (SSSR count). The Kier molecular flexibility index (Phi) is 10.2. The van der Waals surface area contributed by atoms with E-state index in [4.69, 9.17) is 32.8 Å². The van der Waals surface area contributed by atoms with Crippen LogP contribution in [-0.4, -0.2) is 61.7 Å². The Labute approximate surface area is 276 Å². The molecule has 1 unspecified atom stereocenters. The molecule has 0 aromatic heterocycles. The van der Waals surface area contributed by atoms with Gasteiger partial charge in [0.1, 0.15) is 5.75 Å². The Balaban J connectivity index is 1.61. The number of aromatic carboxylic acids is 1. The standard InChI is InChI=1S/C32H33Cl2N3O8S/c1-44-21-11-13-22-24(16-21)28(30(38)35-45-17-18-6-5-7-19(14-18)32(40)41)29(23-12-10-20(33)15-25(23)34)37(31(22)39)27-9-4-3-8-26(27)36-46(2,42)43/h5-7,10-16,26-29,36H,3-4,8-9,17H2,1-2H3,(H,35,38)(H,40,41)/t26-,27?,28+,29-/m0/s1. The van der Waals surface area contributed by atoms with Gasteiger partial charge in [-0.2, -0.15) is 0 Å². The van der Waals surface area contributed by atoms with Crippen molar-refractivity contribution in [2.75, 3.05) is 13.4 Å². The molecule has 1 fully saturated rings. The van der Waals surface area contributed by atoms with Crippen LogP contribution in [0.1, 0.15) is 75.0 Å². The summed E-state index contributed by atoms with van der Waals surface area (Å²) in [5.41, 5.74) is 4.13. The molecule has 0 saturated heterocycles. The van der Waals surface area contributed by atoms with Gasteiger partial charge < -0.3 is 14.7 Å². The average Bonchev–Trinajstić information content (AvgIpc) is 3.00. The summed E-state index contributed by atoms with van der Waals surface area (Å²) in [5, 5.41) is 9.90. The number of carboxylic acid groups (broad SMARTS) is 1. The first kappa shape index (κ1) is 33.7. The summed E-state index contributed by atoms with van der Waals surface area (Å²) in [4.78, 5) is 47.3. The zero-order chi connectivity index (χ0) is 33.2. The third-order valence-electron chi connectivity index (χ3n) is 8.28. The van der Waals surface area contributed by atoms with E-state index < -0.39 is 51.9 Å². The van der Waals surface area contributed by atoms with Gasteiger partial charge in [-0.05, 0) is 72.0 Å². The van der Waals surface area contributed by atoms with Crippen molar-refractivity contribution in [3.05, 3.63) is 98.5 Å². The smallest absolute Gasteiger partial charge is 0.335 e. The number of methoxy groups -OCH3 is 1. The number of fused-ring (bicyclic) bond motifs is 1. The number of carbonyl (C=O) groups excluding carboxylic acids is 2. The third kappa shape index (κ3) is 7.31. The predicted molar refractivity (Wildman–Crippen MR) is 171 cm³/mol. The van der Waals surface area contributed by atoms with Crippen LogP contribution in [0.4, 0.5) is 0 Å². The van der Waals surface area contributed by atoms with Crippen LogP contribution in [0, 0.1) is 0 Å². The molecule has 14 heteroatoms. The van der Waals surface area contributed by atoms with E-state index in [1.54, 1.807) is 47.4 Å². The summed E-state index contributed by atoms with van der Waals surface area (Å²) in [5.74, 6) is -2.78. The second-order valence-electron chi connectivity index (χ2n) is 11.4. The Hall–Kier alpha value is -3.68. The number of amides is 2. The Morgan fingerprint density at radius 1 is 1.02 bits per heavy atom. The van der Waals surface area contributed by atoms with Gasteiger partial charge in [0, 0.05) is 27.7 Å². The summed E-state index contributed by atoms with van der Waals surface area (Å²) in [6.45, 7) is -0.136. The topological polar surface area (TPSA) is 151 Å². The number of nitrogens with one attached hydrogen (secondary N) is 2. The van der Waals surface area contributed by atoms with E-state index >= 15 is 0 Å². The molecule has 3 N–H and O–H groups in total. The van der Waals surface area contributed by atoms with Crippen molar-refractivity contribution in [2.24, 2.45) is 0 Å². The molecule has 11 nitrogen and oxygen atoms in total. The first-order valence-corrected chi connectivity index (χ1v) is 17.2. The summed E-state index contributed by atoms with van der Waals surface area (Å²) < 4.78 is 33.0. The molecular weight excluding hydrogens is 657 g/mol. The summed E-state index contributed by atoms with van der Waals surface area (Å²) in [7, 11) is -2.17. The van der Waals surface area contributed by atoms with Crippen LogP contribution in [0.25, 0.3) is 0 Å². The second kappa shape index (κ2) is 14.0. The average molecular weight is 691 g/mol. The zero-order valence-electron chi connectivity index (χ0n) is 25.0. The molecule has 0 bridgehead atoms. The molecule has 244 valence electrons. The van der Waals surface area contributed by atoms with Crippen LogP contribution in [0.5, 0.6) is 5.75 Å². The highest BCUT2D eigenvalue weighted by atomic mass is 35.5. The van der Waals surface area contributed by atoms with Crippen LogP contribution in [-0.2, 0) is 26.3 Å². The number of hydroxylamine groups is 1. The highest BCUT2D eigenvalue weighted by Crippen LogP contribution is 2.48. The molecule has 1 heterocycles. The molecule has 3 aromatic carbocycles. The Morgan fingerprint density at radius 2 is 1.78 bits per heavy atom. The van der Waals surface area contributed by atoms with E-state index in [2.05, 4.69) is 10.2 Å². The number of carboxylic acids is 1. The van der Waals surface area contributed by atoms with E-state index in [-0.39, 0.29) is 22.8 Å². The van der Waals surface area contributed by atoms with Crippen molar-refractivity contribution >= 4 is 51.0 Å². The largest absolute Gasteiger partial charge is 0.497 e. The molecule has 3 aromatic rings. The minimum Gasteiger partial charge on any atom is -0.497 e. The maximum Gasteiger partial charge on any atom is 0.335 e. The molecule has 4 atom stereocenters. The third-order valence-corrected chi connectivity index (χ3v) is 9.57. The van der Waals surface area contributed by atoms with Gasteiger partial charge >= 0.3 is 5.97 Å². The number of rotatable bonds is 10. The first-order valence-electron chi connectivity index (χ1n) is 14.5. The summed E-state index contributed by atoms with van der Waals surface area (Å²) in [6, 6.07) is 13.5. The highest BCUT2D eigenvalue weighted by Gasteiger charge is 2.49. The predicted octanol–water partition coefficient (Wildman–Crippen LogP) is 5.09. The maximum absolute atomic E-state index is 14.5. The van der Waals surface area contributed by atoms with Crippen molar-refractivity contribution in [3.8, 4) is 5.75 Å². The lowest BCUT2D eigenvalue weighted by atomic mass is 9.76. The monoisotopic (exact) mass is 689 g/mol. The van der Waals surface area contributed by atoms with Gasteiger partial charge in [-0.25, -0.2) is 23.4 Å². The molecule has 2 aliphatic rings. The van der Waals surface area contributed by atoms with Crippen LogP contribution >= 0.6 is 23.2 Å². The number of carbonyl (C=O) groups is 3. The molecule has 2 amide bonds. The maximum atomic E-state index is 14.5. The van der Waals surface area contributed by atoms with Gasteiger partial charge in [-0.3, -0.25) is 14.4 Å². The number of benzene rings is 3. The fourth-order valence-electron chi connectivity index (χ4n) is 6.33. The normalized spacial score (nSPS) is 21.4. The molecule has 0 radical (unpaired) electrons. The Bertz CT molecular complexity index is 1770. The minimum atomic E-state index is -3.64. The quantitative estimate of drug-likeness (QED) is 0.249. The zero-order valence-corrected chi connectivity index (χ0v) is 27.4. The number of nitrogens with zero attached hydrogens (tertiary/aromatic N) is 1. The van der Waals surface area contributed by atoms with Gasteiger partial charge in [0.05, 0.1) is 37.5 Å². The van der Waals surface area contributed by atoms with Crippen LogP contribution in [0.3, 0.4) is 0 Å². The number of hydrogen-bond acceptors (Lipinski definition) is 7. The van der Waals surface area contributed by atoms with Crippen molar-refractivity contribution in [1.82, 2.24) is 15.1 Å². The first-order chi connectivity index (χ1) is 21.9. The van der Waals surface area contributed by atoms with Gasteiger partial charge in [0.15, 0.2) is 0 Å². The fourth-order valence-corrected chi connectivity index (χ4v) is 7.68.